The van der Waals surface area contributed by atoms with Crippen LogP contribution in [0.4, 0.5) is 0 Å². The molecule has 0 amide bonds. The van der Waals surface area contributed by atoms with Crippen LogP contribution in [0.15, 0.2) is 0 Å². The van der Waals surface area contributed by atoms with E-state index in [2.05, 4.69) is 29.2 Å². The lowest BCUT2D eigenvalue weighted by molar-refractivity contribution is 1.44. The zero-order chi connectivity index (χ0) is 5.86. The van der Waals surface area contributed by atoms with Crippen LogP contribution in [0.3, 0.4) is 0 Å². The van der Waals surface area contributed by atoms with Crippen molar-refractivity contribution in [3.8, 4) is 0 Å². The first-order valence-electron chi connectivity index (χ1n) is 3.18. The van der Waals surface area contributed by atoms with Gasteiger partial charge < -0.3 is 0 Å². The third-order valence-electron chi connectivity index (χ3n) is 1.78. The Balaban J connectivity index is 3.14. The zero-order valence-electron chi connectivity index (χ0n) is 5.86. The van der Waals surface area contributed by atoms with E-state index >= 15 is 0 Å². The van der Waals surface area contributed by atoms with Crippen molar-refractivity contribution < 1.29 is 0 Å². The predicted octanol–water partition coefficient (Wildman–Crippen LogP) is -1.04. The van der Waals surface area contributed by atoms with Gasteiger partial charge in [-0.3, -0.25) is 0 Å². The molecule has 0 bridgehead atoms. The van der Waals surface area contributed by atoms with Gasteiger partial charge in [0.1, 0.15) is 0 Å². The van der Waals surface area contributed by atoms with Gasteiger partial charge in [-0.1, -0.05) is 20.1 Å². The van der Waals surface area contributed by atoms with E-state index in [9.17, 15) is 0 Å². The van der Waals surface area contributed by atoms with Gasteiger partial charge in [0.05, 0.1) is 22.1 Å². The van der Waals surface area contributed by atoms with E-state index < -0.39 is 0 Å². The van der Waals surface area contributed by atoms with Gasteiger partial charge in [-0.2, -0.15) is 0 Å². The summed E-state index contributed by atoms with van der Waals surface area (Å²) < 4.78 is 0. The van der Waals surface area contributed by atoms with Crippen LogP contribution in [0.5, 0.6) is 0 Å². The Morgan fingerprint density at radius 2 is 1.86 bits per heavy atom. The van der Waals surface area contributed by atoms with Crippen molar-refractivity contribution in [2.45, 2.75) is 20.1 Å². The van der Waals surface area contributed by atoms with Crippen LogP contribution < -0.4 is 0 Å². The molecule has 0 aromatic rings. The van der Waals surface area contributed by atoms with Crippen LogP contribution in [0.2, 0.25) is 13.1 Å². The zero-order valence-corrected chi connectivity index (χ0v) is 5.86. The second-order valence-corrected chi connectivity index (χ2v) is 2.63. The van der Waals surface area contributed by atoms with Gasteiger partial charge in [0, 0.05) is 6.39 Å². The van der Waals surface area contributed by atoms with E-state index in [1.807, 2.05) is 0 Å². The molecule has 36 valence electrons. The van der Waals surface area contributed by atoms with Crippen molar-refractivity contribution in [3.63, 3.8) is 0 Å². The van der Waals surface area contributed by atoms with Crippen molar-refractivity contribution in [2.24, 2.45) is 0 Å². The highest BCUT2D eigenvalue weighted by atomic mass is 13.4. The average Bonchev–Trinajstić information content (AvgIpc) is 1.65. The van der Waals surface area contributed by atoms with Crippen LogP contribution >= 0.6 is 0 Å². The molecule has 0 heterocycles. The third-order valence-corrected chi connectivity index (χ3v) is 1.78. The van der Waals surface area contributed by atoms with Crippen LogP contribution in [0, 0.1) is 0 Å². The maximum Gasteiger partial charge on any atom is 0.0881 e. The molecule has 0 fully saturated rings. The molecule has 0 aromatic carbocycles. The molecule has 0 aliphatic rings. The number of hydrogen-bond acceptors (Lipinski definition) is 0. The Bertz CT molecular complexity index is 44.2. The monoisotopic (exact) mass is 92.1 g/mol. The minimum absolute atomic E-state index is 0.866. The van der Waals surface area contributed by atoms with E-state index in [0.717, 1.165) is 13.0 Å². The molecule has 0 atom stereocenters. The topological polar surface area (TPSA) is 0 Å². The summed E-state index contributed by atoms with van der Waals surface area (Å²) in [5.74, 6) is 0. The molecule has 0 aliphatic carbocycles. The van der Waals surface area contributed by atoms with Gasteiger partial charge >= 0.3 is 0 Å². The highest BCUT2D eigenvalue weighted by Gasteiger charge is 2.08. The summed E-state index contributed by atoms with van der Waals surface area (Å²) in [6.07, 6.45) is 2.18. The van der Waals surface area contributed by atoms with Gasteiger partial charge in [-0.25, -0.2) is 0 Å². The van der Waals surface area contributed by atoms with E-state index in [1.165, 1.54) is 6.32 Å². The molecular weight excluding hydrogens is 79.3 g/mol. The molecule has 0 aromatic heterocycles. The Morgan fingerprint density at radius 1 is 1.43 bits per heavy atom. The van der Waals surface area contributed by atoms with Gasteiger partial charge in [-0.05, 0) is 0 Å². The van der Waals surface area contributed by atoms with Crippen molar-refractivity contribution >= 4 is 28.5 Å². The SMILES string of the molecule is BB(B)B(C)CC. The quantitative estimate of drug-likeness (QED) is 0.381. The molecule has 0 saturated heterocycles. The van der Waals surface area contributed by atoms with E-state index in [4.69, 9.17) is 0 Å². The number of hydrogen-bond donors (Lipinski definition) is 0. The fourth-order valence-electron chi connectivity index (χ4n) is 0.471. The smallest absolute Gasteiger partial charge is 0.0881 e. The second kappa shape index (κ2) is 3.29. The summed E-state index contributed by atoms with van der Waals surface area (Å²) in [6.45, 7) is 5.44. The molecule has 7 heavy (non-hydrogen) atoms. The molecule has 0 N–H and O–H groups in total. The molecule has 0 saturated carbocycles. The Morgan fingerprint density at radius 3 is 1.86 bits per heavy atom. The third kappa shape index (κ3) is 2.90. The first kappa shape index (κ1) is 7.26. The fourth-order valence-corrected chi connectivity index (χ4v) is 0.471. The maximum absolute atomic E-state index is 2.30. The minimum Gasteiger partial charge on any atom is -0.0934 e. The Kier molecular flexibility index (Phi) is 3.41. The Labute approximate surface area is 49.4 Å². The van der Waals surface area contributed by atoms with E-state index in [1.54, 1.807) is 0 Å². The summed E-state index contributed by atoms with van der Waals surface area (Å²) in [5, 5.41) is 0. The van der Waals surface area contributed by atoms with Crippen LogP contribution in [0.1, 0.15) is 6.92 Å². The normalized spacial score (nSPS) is 8.29. The fraction of sp³-hybridized carbons (Fsp3) is 1.00. The van der Waals surface area contributed by atoms with Crippen LogP contribution in [-0.2, 0) is 0 Å². The summed E-state index contributed by atoms with van der Waals surface area (Å²) in [5.41, 5.74) is 0. The lowest BCUT2D eigenvalue weighted by atomic mass is 8.92. The average molecular weight is 91.4 g/mol. The summed E-state index contributed by atoms with van der Waals surface area (Å²) in [7, 11) is 4.54. The van der Waals surface area contributed by atoms with Gasteiger partial charge in [0.2, 0.25) is 0 Å². The molecule has 0 radical (unpaired) electrons. The molecule has 0 unspecified atom stereocenters. The maximum atomic E-state index is 2.30. The molecule has 0 aliphatic heterocycles. The molecule has 0 nitrogen and oxygen atoms in total. The van der Waals surface area contributed by atoms with E-state index in [0.29, 0.717) is 0 Å². The van der Waals surface area contributed by atoms with E-state index in [-0.39, 0.29) is 0 Å². The van der Waals surface area contributed by atoms with Crippen LogP contribution in [-0.4, -0.2) is 28.5 Å². The van der Waals surface area contributed by atoms with Gasteiger partial charge in [0.15, 0.2) is 0 Å². The van der Waals surface area contributed by atoms with Crippen LogP contribution in [0.25, 0.3) is 0 Å². The standard InChI is InChI=1S/C3H12B4/c1-3-6(2)7(4)5/h3-5H2,1-2H3. The summed E-state index contributed by atoms with van der Waals surface area (Å²) >= 11 is 0. The summed E-state index contributed by atoms with van der Waals surface area (Å²) in [6, 6.07) is 0. The van der Waals surface area contributed by atoms with Crippen molar-refractivity contribution in [2.75, 3.05) is 0 Å². The highest BCUT2D eigenvalue weighted by Crippen LogP contribution is 1.88. The van der Waals surface area contributed by atoms with Gasteiger partial charge in [-0.15, -0.1) is 0 Å². The minimum atomic E-state index is 0.866. The summed E-state index contributed by atoms with van der Waals surface area (Å²) in [4.78, 5) is 0. The Hall–Kier alpha value is 0.260. The first-order chi connectivity index (χ1) is 3.18. The molecule has 0 rings (SSSR count). The number of rotatable bonds is 2. The van der Waals surface area contributed by atoms with Crippen molar-refractivity contribution in [1.82, 2.24) is 0 Å². The molecule has 0 spiro atoms. The predicted molar refractivity (Wildman–Crippen MR) is 44.9 cm³/mol. The second-order valence-electron chi connectivity index (χ2n) is 2.63. The largest absolute Gasteiger partial charge is 0.0934 e. The lowest BCUT2D eigenvalue weighted by Crippen LogP contribution is -2.33. The van der Waals surface area contributed by atoms with Gasteiger partial charge in [0.25, 0.3) is 0 Å². The molecule has 4 heteroatoms. The first-order valence-corrected chi connectivity index (χ1v) is 3.18. The highest BCUT2D eigenvalue weighted by molar-refractivity contribution is 7.57. The lowest BCUT2D eigenvalue weighted by Gasteiger charge is -2.03. The van der Waals surface area contributed by atoms with Crippen molar-refractivity contribution in [3.05, 3.63) is 0 Å². The van der Waals surface area contributed by atoms with Crippen molar-refractivity contribution in [1.29, 1.82) is 0 Å². The molecular formula is C3H12B4.